The van der Waals surface area contributed by atoms with E-state index in [2.05, 4.69) is 22.0 Å². The molecule has 0 unspecified atom stereocenters. The van der Waals surface area contributed by atoms with Gasteiger partial charge in [0.25, 0.3) is 11.5 Å². The van der Waals surface area contributed by atoms with Crippen LogP contribution in [0.25, 0.3) is 16.7 Å². The van der Waals surface area contributed by atoms with Gasteiger partial charge in [-0.2, -0.15) is 9.78 Å². The number of aryl methyl sites for hydroxylation is 1. The molecule has 2 aromatic heterocycles. The third kappa shape index (κ3) is 2.73. The Morgan fingerprint density at radius 1 is 1.32 bits per heavy atom. The minimum atomic E-state index is -0.719. The molecular formula is C18H17FN6O3. The van der Waals surface area contributed by atoms with E-state index < -0.39 is 11.4 Å². The summed E-state index contributed by atoms with van der Waals surface area (Å²) in [4.78, 5) is 26.4. The number of rotatable bonds is 5. The molecule has 144 valence electrons. The van der Waals surface area contributed by atoms with Crippen molar-refractivity contribution in [2.75, 3.05) is 18.1 Å². The lowest BCUT2D eigenvalue weighted by Gasteiger charge is -2.29. The van der Waals surface area contributed by atoms with Gasteiger partial charge in [-0.3, -0.25) is 9.59 Å². The monoisotopic (exact) mass is 384 g/mol. The highest BCUT2D eigenvalue weighted by Crippen LogP contribution is 2.35. The summed E-state index contributed by atoms with van der Waals surface area (Å²) in [5.74, 6) is -0.802. The van der Waals surface area contributed by atoms with Crippen molar-refractivity contribution >= 4 is 22.6 Å². The Bertz CT molecular complexity index is 1150. The van der Waals surface area contributed by atoms with Crippen LogP contribution < -0.4 is 15.2 Å². The molecule has 0 spiro atoms. The van der Waals surface area contributed by atoms with Crippen LogP contribution in [-0.4, -0.2) is 43.8 Å². The van der Waals surface area contributed by atoms with Gasteiger partial charge in [-0.1, -0.05) is 18.2 Å². The van der Waals surface area contributed by atoms with Crippen LogP contribution >= 0.6 is 0 Å². The molecule has 0 bridgehead atoms. The summed E-state index contributed by atoms with van der Waals surface area (Å²) < 4.78 is 22.5. The summed E-state index contributed by atoms with van der Waals surface area (Å²) in [5.41, 5.74) is -0.00503. The minimum Gasteiger partial charge on any atom is -0.481 e. The van der Waals surface area contributed by atoms with Crippen LogP contribution in [-0.2, 0) is 11.3 Å². The Labute approximate surface area is 158 Å². The smallest absolute Gasteiger partial charge is 0.285 e. The third-order valence-electron chi connectivity index (χ3n) is 4.41. The Balaban J connectivity index is 1.88. The summed E-state index contributed by atoms with van der Waals surface area (Å²) >= 11 is 0. The van der Waals surface area contributed by atoms with Gasteiger partial charge < -0.3 is 9.64 Å². The van der Waals surface area contributed by atoms with Crippen molar-refractivity contribution in [3.8, 4) is 11.4 Å². The van der Waals surface area contributed by atoms with Crippen molar-refractivity contribution < 1.29 is 13.9 Å². The second-order valence-electron chi connectivity index (χ2n) is 6.26. The fraction of sp³-hybridized carbons (Fsp3) is 0.278. The van der Waals surface area contributed by atoms with Crippen LogP contribution in [0.1, 0.15) is 13.3 Å². The SMILES string of the molecule is C=CCN1C(=O)COc2cc(F)c(-n3nnc4c(cnn4CCC)c3=O)cc21. The number of aromatic nitrogens is 5. The second-order valence-corrected chi connectivity index (χ2v) is 6.26. The van der Waals surface area contributed by atoms with Crippen LogP contribution in [0.3, 0.4) is 0 Å². The zero-order chi connectivity index (χ0) is 19.8. The lowest BCUT2D eigenvalue weighted by atomic mass is 10.2. The van der Waals surface area contributed by atoms with Crippen LogP contribution in [0.15, 0.2) is 35.8 Å². The first-order valence-electron chi connectivity index (χ1n) is 8.74. The van der Waals surface area contributed by atoms with Gasteiger partial charge in [0.2, 0.25) is 0 Å². The number of anilines is 1. The zero-order valence-corrected chi connectivity index (χ0v) is 15.1. The molecule has 0 radical (unpaired) electrons. The summed E-state index contributed by atoms with van der Waals surface area (Å²) in [5, 5.41) is 12.3. The Morgan fingerprint density at radius 3 is 2.89 bits per heavy atom. The van der Waals surface area contributed by atoms with E-state index in [1.54, 1.807) is 10.8 Å². The van der Waals surface area contributed by atoms with E-state index in [1.807, 2.05) is 6.92 Å². The summed E-state index contributed by atoms with van der Waals surface area (Å²) in [6, 6.07) is 2.48. The van der Waals surface area contributed by atoms with Crippen molar-refractivity contribution in [1.29, 1.82) is 0 Å². The molecule has 0 saturated carbocycles. The third-order valence-corrected chi connectivity index (χ3v) is 4.41. The molecule has 4 rings (SSSR count). The zero-order valence-electron chi connectivity index (χ0n) is 15.1. The molecule has 3 aromatic rings. The number of hydrogen-bond donors (Lipinski definition) is 0. The maximum atomic E-state index is 14.7. The number of carbonyl (C=O) groups excluding carboxylic acids is 1. The van der Waals surface area contributed by atoms with Gasteiger partial charge in [-0.05, 0) is 12.5 Å². The van der Waals surface area contributed by atoms with Crippen LogP contribution in [0.2, 0.25) is 0 Å². The molecule has 1 aliphatic heterocycles. The Hall–Kier alpha value is -3.56. The van der Waals surface area contributed by atoms with E-state index >= 15 is 0 Å². The number of ether oxygens (including phenoxy) is 1. The van der Waals surface area contributed by atoms with E-state index in [0.29, 0.717) is 17.9 Å². The fourth-order valence-electron chi connectivity index (χ4n) is 3.11. The lowest BCUT2D eigenvalue weighted by molar-refractivity contribution is -0.121. The summed E-state index contributed by atoms with van der Waals surface area (Å²) in [6.45, 7) is 6.23. The first-order valence-corrected chi connectivity index (χ1v) is 8.74. The van der Waals surface area contributed by atoms with E-state index in [1.165, 1.54) is 17.2 Å². The number of fused-ring (bicyclic) bond motifs is 2. The maximum Gasteiger partial charge on any atom is 0.285 e. The molecule has 1 amide bonds. The predicted molar refractivity (Wildman–Crippen MR) is 99.2 cm³/mol. The molecule has 0 saturated heterocycles. The van der Waals surface area contributed by atoms with Crippen molar-refractivity contribution in [3.05, 3.63) is 47.2 Å². The largest absolute Gasteiger partial charge is 0.481 e. The average Bonchev–Trinajstić information content (AvgIpc) is 3.09. The molecule has 3 heterocycles. The number of amides is 1. The molecule has 9 nitrogen and oxygen atoms in total. The summed E-state index contributed by atoms with van der Waals surface area (Å²) in [6.07, 6.45) is 3.76. The predicted octanol–water partition coefficient (Wildman–Crippen LogP) is 1.44. The van der Waals surface area contributed by atoms with Crippen LogP contribution in [0.5, 0.6) is 5.75 Å². The molecule has 0 atom stereocenters. The number of nitrogens with zero attached hydrogens (tertiary/aromatic N) is 6. The minimum absolute atomic E-state index is 0.131. The van der Waals surface area contributed by atoms with Gasteiger partial charge >= 0.3 is 0 Å². The average molecular weight is 384 g/mol. The van der Waals surface area contributed by atoms with Gasteiger partial charge in [0.1, 0.15) is 16.8 Å². The molecule has 1 aliphatic rings. The maximum absolute atomic E-state index is 14.7. The molecule has 10 heteroatoms. The fourth-order valence-corrected chi connectivity index (χ4v) is 3.11. The molecule has 0 fully saturated rings. The van der Waals surface area contributed by atoms with Crippen molar-refractivity contribution in [2.45, 2.75) is 19.9 Å². The number of carbonyl (C=O) groups is 1. The first kappa shape index (κ1) is 17.8. The Morgan fingerprint density at radius 2 is 2.14 bits per heavy atom. The van der Waals surface area contributed by atoms with Crippen molar-refractivity contribution in [2.24, 2.45) is 0 Å². The molecule has 0 N–H and O–H groups in total. The standard InChI is InChI=1S/C18H17FN6O3/c1-3-5-23-14-8-13(12(19)7-15(14)28-10-16(23)26)25-18(27)11-9-20-24(6-4-2)17(11)21-22-25/h3,7-9H,1,4-6,10H2,2H3. The van der Waals surface area contributed by atoms with Gasteiger partial charge in [-0.25, -0.2) is 9.07 Å². The molecular weight excluding hydrogens is 367 g/mol. The van der Waals surface area contributed by atoms with Crippen LogP contribution in [0.4, 0.5) is 10.1 Å². The van der Waals surface area contributed by atoms with Crippen molar-refractivity contribution in [1.82, 2.24) is 24.8 Å². The number of benzene rings is 1. The highest BCUT2D eigenvalue weighted by molar-refractivity contribution is 5.98. The quantitative estimate of drug-likeness (QED) is 0.618. The van der Waals surface area contributed by atoms with Gasteiger partial charge in [0.15, 0.2) is 18.1 Å². The van der Waals surface area contributed by atoms with E-state index in [-0.39, 0.29) is 35.9 Å². The summed E-state index contributed by atoms with van der Waals surface area (Å²) in [7, 11) is 0. The van der Waals surface area contributed by atoms with E-state index in [9.17, 15) is 14.0 Å². The first-order chi connectivity index (χ1) is 13.5. The highest BCUT2D eigenvalue weighted by atomic mass is 19.1. The molecule has 0 aliphatic carbocycles. The Kier molecular flexibility index (Phi) is 4.38. The molecule has 1 aromatic carbocycles. The van der Waals surface area contributed by atoms with Crippen molar-refractivity contribution in [3.63, 3.8) is 0 Å². The lowest BCUT2D eigenvalue weighted by Crippen LogP contribution is -2.39. The van der Waals surface area contributed by atoms with Crippen LogP contribution in [0, 0.1) is 5.82 Å². The van der Waals surface area contributed by atoms with E-state index in [0.717, 1.165) is 17.2 Å². The van der Waals surface area contributed by atoms with Gasteiger partial charge in [0, 0.05) is 19.2 Å². The van der Waals surface area contributed by atoms with E-state index in [4.69, 9.17) is 4.74 Å². The second kappa shape index (κ2) is 6.87. The van der Waals surface area contributed by atoms with Gasteiger partial charge in [0.05, 0.1) is 11.9 Å². The molecule has 28 heavy (non-hydrogen) atoms. The van der Waals surface area contributed by atoms with Gasteiger partial charge in [-0.15, -0.1) is 11.7 Å². The topological polar surface area (TPSA) is 95.1 Å². The number of hydrogen-bond acceptors (Lipinski definition) is 6. The normalized spacial score (nSPS) is 13.5. The highest BCUT2D eigenvalue weighted by Gasteiger charge is 2.27. The number of halogens is 1.